The molecule has 4 heterocycles. The highest BCUT2D eigenvalue weighted by atomic mass is 16.5. The number of fused-ring (bicyclic) bond motifs is 1. The number of aromatic nitrogens is 6. The molecule has 2 aromatic rings. The van der Waals surface area contributed by atoms with Gasteiger partial charge in [0.05, 0.1) is 0 Å². The van der Waals surface area contributed by atoms with E-state index in [4.69, 9.17) is 9.72 Å². The SMILES string of the molecule is Cn1nc2n(c1=O)C[C@H](c1n[nH]c(C3CCOCC3)n1)CC2. The molecule has 2 aliphatic heterocycles. The quantitative estimate of drug-likeness (QED) is 0.863. The van der Waals surface area contributed by atoms with Gasteiger partial charge < -0.3 is 4.74 Å². The van der Waals surface area contributed by atoms with E-state index >= 15 is 0 Å². The summed E-state index contributed by atoms with van der Waals surface area (Å²) in [6, 6.07) is 0. The molecular formula is C14H20N6O2. The van der Waals surface area contributed by atoms with Gasteiger partial charge in [0.2, 0.25) is 0 Å². The molecule has 2 aromatic heterocycles. The molecule has 0 spiro atoms. The van der Waals surface area contributed by atoms with Gasteiger partial charge in [0.15, 0.2) is 5.82 Å². The van der Waals surface area contributed by atoms with E-state index in [1.165, 1.54) is 4.68 Å². The van der Waals surface area contributed by atoms with Gasteiger partial charge in [-0.05, 0) is 19.3 Å². The minimum Gasteiger partial charge on any atom is -0.381 e. The van der Waals surface area contributed by atoms with Gasteiger partial charge in [-0.1, -0.05) is 0 Å². The first-order valence-electron chi connectivity index (χ1n) is 7.85. The lowest BCUT2D eigenvalue weighted by atomic mass is 9.98. The molecule has 8 heteroatoms. The summed E-state index contributed by atoms with van der Waals surface area (Å²) in [5.74, 6) is 3.24. The average Bonchev–Trinajstić information content (AvgIpc) is 3.14. The van der Waals surface area contributed by atoms with E-state index in [1.807, 2.05) is 0 Å². The van der Waals surface area contributed by atoms with Crippen LogP contribution < -0.4 is 5.69 Å². The Bertz CT molecular complexity index is 724. The monoisotopic (exact) mass is 304 g/mol. The van der Waals surface area contributed by atoms with Gasteiger partial charge in [0.1, 0.15) is 11.6 Å². The molecule has 0 unspecified atom stereocenters. The van der Waals surface area contributed by atoms with Crippen molar-refractivity contribution in [1.82, 2.24) is 29.5 Å². The lowest BCUT2D eigenvalue weighted by Crippen LogP contribution is -2.29. The molecular weight excluding hydrogens is 284 g/mol. The minimum atomic E-state index is -0.0557. The van der Waals surface area contributed by atoms with Crippen LogP contribution in [-0.4, -0.2) is 42.7 Å². The highest BCUT2D eigenvalue weighted by Gasteiger charge is 2.28. The van der Waals surface area contributed by atoms with Crippen molar-refractivity contribution in [3.8, 4) is 0 Å². The molecule has 8 nitrogen and oxygen atoms in total. The van der Waals surface area contributed by atoms with Crippen molar-refractivity contribution in [3.05, 3.63) is 28.0 Å². The van der Waals surface area contributed by atoms with Crippen LogP contribution in [0.4, 0.5) is 0 Å². The van der Waals surface area contributed by atoms with Crippen LogP contribution in [0.25, 0.3) is 0 Å². The molecule has 0 amide bonds. The maximum absolute atomic E-state index is 12.0. The van der Waals surface area contributed by atoms with Gasteiger partial charge in [-0.15, -0.1) is 0 Å². The number of nitrogens with zero attached hydrogens (tertiary/aromatic N) is 5. The summed E-state index contributed by atoms with van der Waals surface area (Å²) in [5.41, 5.74) is -0.0557. The fraction of sp³-hybridized carbons (Fsp3) is 0.714. The Morgan fingerprint density at radius 1 is 1.23 bits per heavy atom. The van der Waals surface area contributed by atoms with Crippen molar-refractivity contribution < 1.29 is 4.74 Å². The Labute approximate surface area is 127 Å². The van der Waals surface area contributed by atoms with Gasteiger partial charge in [0.25, 0.3) is 0 Å². The van der Waals surface area contributed by atoms with E-state index < -0.39 is 0 Å². The first-order chi connectivity index (χ1) is 10.7. The van der Waals surface area contributed by atoms with E-state index in [-0.39, 0.29) is 11.6 Å². The van der Waals surface area contributed by atoms with Crippen LogP contribution in [0.5, 0.6) is 0 Å². The maximum Gasteiger partial charge on any atom is 0.345 e. The van der Waals surface area contributed by atoms with Crippen LogP contribution in [0.1, 0.15) is 48.6 Å². The molecule has 1 fully saturated rings. The fourth-order valence-corrected chi connectivity index (χ4v) is 3.37. The molecule has 22 heavy (non-hydrogen) atoms. The predicted molar refractivity (Wildman–Crippen MR) is 77.7 cm³/mol. The van der Waals surface area contributed by atoms with Crippen LogP contribution in [0.15, 0.2) is 4.79 Å². The number of rotatable bonds is 2. The lowest BCUT2D eigenvalue weighted by molar-refractivity contribution is 0.0836. The molecule has 2 aliphatic rings. The van der Waals surface area contributed by atoms with Gasteiger partial charge >= 0.3 is 5.69 Å². The Kier molecular flexibility index (Phi) is 3.33. The second kappa shape index (κ2) is 5.35. The standard InChI is InChI=1S/C14H20N6O2/c1-19-14(21)20-8-10(2-3-11(20)18-19)13-15-12(16-17-13)9-4-6-22-7-5-9/h9-10H,2-8H2,1H3,(H,15,16,17)/t10-/m1/s1. The number of aromatic amines is 1. The summed E-state index contributed by atoms with van der Waals surface area (Å²) in [5, 5.41) is 11.8. The first-order valence-corrected chi connectivity index (χ1v) is 7.85. The summed E-state index contributed by atoms with van der Waals surface area (Å²) in [7, 11) is 1.69. The number of aryl methyl sites for hydroxylation is 2. The van der Waals surface area contributed by atoms with E-state index in [9.17, 15) is 4.79 Å². The van der Waals surface area contributed by atoms with Gasteiger partial charge in [0, 0.05) is 45.1 Å². The van der Waals surface area contributed by atoms with Crippen molar-refractivity contribution in [2.75, 3.05) is 13.2 Å². The van der Waals surface area contributed by atoms with E-state index in [0.29, 0.717) is 12.5 Å². The highest BCUT2D eigenvalue weighted by Crippen LogP contribution is 2.28. The summed E-state index contributed by atoms with van der Waals surface area (Å²) in [4.78, 5) is 16.7. The van der Waals surface area contributed by atoms with Crippen molar-refractivity contribution in [1.29, 1.82) is 0 Å². The van der Waals surface area contributed by atoms with E-state index in [1.54, 1.807) is 11.6 Å². The zero-order chi connectivity index (χ0) is 15.1. The van der Waals surface area contributed by atoms with Crippen LogP contribution >= 0.6 is 0 Å². The molecule has 0 aliphatic carbocycles. The molecule has 0 radical (unpaired) electrons. The molecule has 1 saturated heterocycles. The topological polar surface area (TPSA) is 90.6 Å². The zero-order valence-corrected chi connectivity index (χ0v) is 12.7. The third-order valence-electron chi connectivity index (χ3n) is 4.70. The van der Waals surface area contributed by atoms with Gasteiger partial charge in [-0.25, -0.2) is 14.5 Å². The lowest BCUT2D eigenvalue weighted by Gasteiger charge is -2.20. The van der Waals surface area contributed by atoms with Crippen LogP contribution in [-0.2, 0) is 24.8 Å². The van der Waals surface area contributed by atoms with Crippen LogP contribution in [0.2, 0.25) is 0 Å². The molecule has 0 bridgehead atoms. The smallest absolute Gasteiger partial charge is 0.345 e. The van der Waals surface area contributed by atoms with Crippen molar-refractivity contribution in [2.45, 2.75) is 44.1 Å². The maximum atomic E-state index is 12.0. The molecule has 0 aromatic carbocycles. The second-order valence-electron chi connectivity index (χ2n) is 6.13. The van der Waals surface area contributed by atoms with Crippen LogP contribution in [0, 0.1) is 0 Å². The summed E-state index contributed by atoms with van der Waals surface area (Å²) in [6.07, 6.45) is 3.71. The number of nitrogens with one attached hydrogen (secondary N) is 1. The summed E-state index contributed by atoms with van der Waals surface area (Å²) in [6.45, 7) is 2.20. The minimum absolute atomic E-state index is 0.0557. The Hall–Kier alpha value is -1.96. The van der Waals surface area contributed by atoms with E-state index in [2.05, 4.69) is 15.3 Å². The average molecular weight is 304 g/mol. The summed E-state index contributed by atoms with van der Waals surface area (Å²) < 4.78 is 8.54. The third-order valence-corrected chi connectivity index (χ3v) is 4.70. The Morgan fingerprint density at radius 2 is 2.05 bits per heavy atom. The van der Waals surface area contributed by atoms with Crippen molar-refractivity contribution in [2.24, 2.45) is 7.05 Å². The van der Waals surface area contributed by atoms with Crippen LogP contribution in [0.3, 0.4) is 0 Å². The Morgan fingerprint density at radius 3 is 2.86 bits per heavy atom. The van der Waals surface area contributed by atoms with Gasteiger partial charge in [-0.3, -0.25) is 9.67 Å². The molecule has 118 valence electrons. The summed E-state index contributed by atoms with van der Waals surface area (Å²) >= 11 is 0. The van der Waals surface area contributed by atoms with Crippen molar-refractivity contribution >= 4 is 0 Å². The van der Waals surface area contributed by atoms with Gasteiger partial charge in [-0.2, -0.15) is 10.2 Å². The van der Waals surface area contributed by atoms with E-state index in [0.717, 1.165) is 56.4 Å². The molecule has 1 N–H and O–H groups in total. The Balaban J connectivity index is 1.55. The zero-order valence-electron chi connectivity index (χ0n) is 12.7. The fourth-order valence-electron chi connectivity index (χ4n) is 3.37. The molecule has 4 rings (SSSR count). The number of H-pyrrole nitrogens is 1. The van der Waals surface area contributed by atoms with Crippen molar-refractivity contribution in [3.63, 3.8) is 0 Å². The molecule has 0 saturated carbocycles. The first kappa shape index (κ1) is 13.7. The number of hydrogen-bond donors (Lipinski definition) is 1. The largest absolute Gasteiger partial charge is 0.381 e. The predicted octanol–water partition coefficient (Wildman–Crippen LogP) is 0.324. The molecule has 1 atom stereocenters. The third kappa shape index (κ3) is 2.27. The second-order valence-corrected chi connectivity index (χ2v) is 6.13. The normalized spacial score (nSPS) is 22.7. The number of ether oxygens (including phenoxy) is 1. The highest BCUT2D eigenvalue weighted by molar-refractivity contribution is 5.06. The number of hydrogen-bond acceptors (Lipinski definition) is 5.